The highest BCUT2D eigenvalue weighted by Gasteiger charge is 2.31. The summed E-state index contributed by atoms with van der Waals surface area (Å²) in [6, 6.07) is 10.5. The normalized spacial score (nSPS) is 22.3. The van der Waals surface area contributed by atoms with E-state index in [0.717, 1.165) is 44.5 Å². The van der Waals surface area contributed by atoms with Crippen molar-refractivity contribution in [3.8, 4) is 0 Å². The predicted molar refractivity (Wildman–Crippen MR) is 94.6 cm³/mol. The van der Waals surface area contributed by atoms with Crippen molar-refractivity contribution < 1.29 is 9.59 Å². The molecule has 0 bridgehead atoms. The minimum atomic E-state index is 0.0797. The van der Waals surface area contributed by atoms with Crippen molar-refractivity contribution >= 4 is 17.5 Å². The van der Waals surface area contributed by atoms with Crippen LogP contribution in [-0.2, 0) is 9.59 Å². The van der Waals surface area contributed by atoms with Crippen LogP contribution in [0.4, 0.5) is 5.69 Å². The Labute approximate surface area is 144 Å². The second kappa shape index (κ2) is 7.69. The SMILES string of the molecule is CC(=O)N1CCC(C(=O)N2CCC[C@@H](Nc3ccccc3)C2)CC1. The van der Waals surface area contributed by atoms with Gasteiger partial charge in [-0.1, -0.05) is 18.2 Å². The van der Waals surface area contributed by atoms with Gasteiger partial charge in [0.1, 0.15) is 0 Å². The maximum Gasteiger partial charge on any atom is 0.225 e. The standard InChI is InChI=1S/C19H27N3O2/c1-15(23)21-12-9-16(10-13-21)19(24)22-11-5-8-18(14-22)20-17-6-3-2-4-7-17/h2-4,6-7,16,18,20H,5,8-14H2,1H3/t18-/m1/s1. The highest BCUT2D eigenvalue weighted by Crippen LogP contribution is 2.23. The highest BCUT2D eigenvalue weighted by atomic mass is 16.2. The van der Waals surface area contributed by atoms with Crippen LogP contribution < -0.4 is 5.32 Å². The van der Waals surface area contributed by atoms with Crippen LogP contribution in [0.2, 0.25) is 0 Å². The third-order valence-corrected chi connectivity index (χ3v) is 5.17. The van der Waals surface area contributed by atoms with Gasteiger partial charge in [0.15, 0.2) is 0 Å². The van der Waals surface area contributed by atoms with Crippen LogP contribution in [0, 0.1) is 5.92 Å². The van der Waals surface area contributed by atoms with Crippen molar-refractivity contribution in [1.82, 2.24) is 9.80 Å². The molecule has 5 heteroatoms. The molecule has 2 fully saturated rings. The smallest absolute Gasteiger partial charge is 0.225 e. The van der Waals surface area contributed by atoms with E-state index in [2.05, 4.69) is 17.4 Å². The lowest BCUT2D eigenvalue weighted by atomic mass is 9.93. The number of likely N-dealkylation sites (tertiary alicyclic amines) is 2. The van der Waals surface area contributed by atoms with Gasteiger partial charge in [-0.25, -0.2) is 0 Å². The number of carbonyl (C=O) groups is 2. The summed E-state index contributed by atoms with van der Waals surface area (Å²) < 4.78 is 0. The fourth-order valence-corrected chi connectivity index (χ4v) is 3.76. The van der Waals surface area contributed by atoms with Crippen molar-refractivity contribution in [3.63, 3.8) is 0 Å². The molecule has 0 unspecified atom stereocenters. The zero-order chi connectivity index (χ0) is 16.9. The van der Waals surface area contributed by atoms with Gasteiger partial charge in [-0.05, 0) is 37.8 Å². The van der Waals surface area contributed by atoms with Crippen LogP contribution in [-0.4, -0.2) is 53.8 Å². The second-order valence-corrected chi connectivity index (χ2v) is 6.91. The lowest BCUT2D eigenvalue weighted by molar-refractivity contribution is -0.140. The maximum atomic E-state index is 12.8. The molecule has 1 aromatic carbocycles. The number of anilines is 1. The fraction of sp³-hybridized carbons (Fsp3) is 0.579. The molecular formula is C19H27N3O2. The zero-order valence-electron chi connectivity index (χ0n) is 14.4. The number of amides is 2. The molecule has 1 N–H and O–H groups in total. The summed E-state index contributed by atoms with van der Waals surface area (Å²) in [7, 11) is 0. The monoisotopic (exact) mass is 329 g/mol. The first-order chi connectivity index (χ1) is 11.6. The molecule has 5 nitrogen and oxygen atoms in total. The van der Waals surface area contributed by atoms with E-state index >= 15 is 0 Å². The van der Waals surface area contributed by atoms with Crippen LogP contribution in [0.1, 0.15) is 32.6 Å². The Hall–Kier alpha value is -2.04. The molecule has 0 saturated carbocycles. The van der Waals surface area contributed by atoms with E-state index in [9.17, 15) is 9.59 Å². The van der Waals surface area contributed by atoms with Crippen molar-refractivity contribution in [1.29, 1.82) is 0 Å². The number of nitrogens with zero attached hydrogens (tertiary/aromatic N) is 2. The fourth-order valence-electron chi connectivity index (χ4n) is 3.76. The molecule has 2 aliphatic rings. The van der Waals surface area contributed by atoms with Crippen molar-refractivity contribution in [2.75, 3.05) is 31.5 Å². The molecule has 1 aromatic rings. The van der Waals surface area contributed by atoms with E-state index in [-0.39, 0.29) is 17.7 Å². The number of rotatable bonds is 3. The lowest BCUT2D eigenvalue weighted by Crippen LogP contribution is -2.49. The van der Waals surface area contributed by atoms with Gasteiger partial charge >= 0.3 is 0 Å². The molecule has 2 saturated heterocycles. The van der Waals surface area contributed by atoms with E-state index < -0.39 is 0 Å². The Morgan fingerprint density at radius 1 is 1.00 bits per heavy atom. The largest absolute Gasteiger partial charge is 0.381 e. The van der Waals surface area contributed by atoms with E-state index in [4.69, 9.17) is 0 Å². The van der Waals surface area contributed by atoms with E-state index in [0.29, 0.717) is 19.1 Å². The highest BCUT2D eigenvalue weighted by molar-refractivity contribution is 5.80. The van der Waals surface area contributed by atoms with Crippen molar-refractivity contribution in [3.05, 3.63) is 30.3 Å². The van der Waals surface area contributed by atoms with Gasteiger partial charge in [-0.3, -0.25) is 9.59 Å². The number of para-hydroxylation sites is 1. The Balaban J connectivity index is 1.53. The Morgan fingerprint density at radius 2 is 1.71 bits per heavy atom. The minimum Gasteiger partial charge on any atom is -0.381 e. The minimum absolute atomic E-state index is 0.0797. The number of piperidine rings is 2. The zero-order valence-corrected chi connectivity index (χ0v) is 14.4. The van der Waals surface area contributed by atoms with Crippen LogP contribution in [0.25, 0.3) is 0 Å². The molecule has 0 radical (unpaired) electrons. The molecular weight excluding hydrogens is 302 g/mol. The van der Waals surface area contributed by atoms with Crippen molar-refractivity contribution in [2.45, 2.75) is 38.6 Å². The van der Waals surface area contributed by atoms with Gasteiger partial charge in [0.2, 0.25) is 11.8 Å². The average molecular weight is 329 g/mol. The quantitative estimate of drug-likeness (QED) is 0.926. The predicted octanol–water partition coefficient (Wildman–Crippen LogP) is 2.35. The summed E-state index contributed by atoms with van der Waals surface area (Å²) in [5.41, 5.74) is 1.12. The molecule has 130 valence electrons. The van der Waals surface area contributed by atoms with Gasteiger partial charge in [0.05, 0.1) is 0 Å². The Morgan fingerprint density at radius 3 is 2.38 bits per heavy atom. The third kappa shape index (κ3) is 4.08. The molecule has 0 aromatic heterocycles. The van der Waals surface area contributed by atoms with Crippen LogP contribution in [0.5, 0.6) is 0 Å². The number of hydrogen-bond acceptors (Lipinski definition) is 3. The topological polar surface area (TPSA) is 52.7 Å². The van der Waals surface area contributed by atoms with Gasteiger partial charge in [-0.2, -0.15) is 0 Å². The molecule has 0 spiro atoms. The first-order valence-electron chi connectivity index (χ1n) is 8.99. The van der Waals surface area contributed by atoms with Gasteiger partial charge in [0.25, 0.3) is 0 Å². The van der Waals surface area contributed by atoms with E-state index in [1.165, 1.54) is 0 Å². The summed E-state index contributed by atoms with van der Waals surface area (Å²) >= 11 is 0. The lowest BCUT2D eigenvalue weighted by Gasteiger charge is -2.38. The Kier molecular flexibility index (Phi) is 5.38. The first kappa shape index (κ1) is 16.8. The van der Waals surface area contributed by atoms with E-state index in [1.807, 2.05) is 28.0 Å². The summed E-state index contributed by atoms with van der Waals surface area (Å²) in [5.74, 6) is 0.472. The summed E-state index contributed by atoms with van der Waals surface area (Å²) in [6.45, 7) is 4.67. The van der Waals surface area contributed by atoms with Crippen LogP contribution >= 0.6 is 0 Å². The maximum absolute atomic E-state index is 12.8. The summed E-state index contributed by atoms with van der Waals surface area (Å²) in [5, 5.41) is 3.54. The molecule has 1 atom stereocenters. The molecule has 0 aliphatic carbocycles. The second-order valence-electron chi connectivity index (χ2n) is 6.91. The number of nitrogens with one attached hydrogen (secondary N) is 1. The first-order valence-corrected chi connectivity index (χ1v) is 8.99. The van der Waals surface area contributed by atoms with Gasteiger partial charge in [0, 0.05) is 50.7 Å². The van der Waals surface area contributed by atoms with Gasteiger partial charge < -0.3 is 15.1 Å². The molecule has 2 heterocycles. The van der Waals surface area contributed by atoms with Crippen molar-refractivity contribution in [2.24, 2.45) is 5.92 Å². The van der Waals surface area contributed by atoms with E-state index in [1.54, 1.807) is 6.92 Å². The molecule has 24 heavy (non-hydrogen) atoms. The number of carbonyl (C=O) groups excluding carboxylic acids is 2. The number of benzene rings is 1. The average Bonchev–Trinajstić information content (AvgIpc) is 2.62. The van der Waals surface area contributed by atoms with Crippen LogP contribution in [0.3, 0.4) is 0 Å². The van der Waals surface area contributed by atoms with Gasteiger partial charge in [-0.15, -0.1) is 0 Å². The molecule has 2 amide bonds. The third-order valence-electron chi connectivity index (χ3n) is 5.17. The summed E-state index contributed by atoms with van der Waals surface area (Å²) in [4.78, 5) is 28.1. The summed E-state index contributed by atoms with van der Waals surface area (Å²) in [6.07, 6.45) is 3.74. The van der Waals surface area contributed by atoms with Crippen LogP contribution in [0.15, 0.2) is 30.3 Å². The molecule has 3 rings (SSSR count). The molecule has 2 aliphatic heterocycles. The Bertz CT molecular complexity index is 567. The number of hydrogen-bond donors (Lipinski definition) is 1.